The number of alkyl halides is 2. The first-order valence-electron chi connectivity index (χ1n) is 8.94. The Kier molecular flexibility index (Phi) is 6.87. The van der Waals surface area contributed by atoms with Crippen molar-refractivity contribution in [2.45, 2.75) is 17.4 Å². The molecule has 0 aromatic heterocycles. The van der Waals surface area contributed by atoms with Crippen LogP contribution in [0.1, 0.15) is 0 Å². The Morgan fingerprint density at radius 2 is 1.86 bits per heavy atom. The van der Waals surface area contributed by atoms with Gasteiger partial charge in [-0.05, 0) is 12.1 Å². The molecule has 28 heavy (non-hydrogen) atoms. The maximum absolute atomic E-state index is 12.9. The van der Waals surface area contributed by atoms with Crippen LogP contribution < -0.4 is 0 Å². The van der Waals surface area contributed by atoms with Gasteiger partial charge in [-0.3, -0.25) is 9.69 Å². The largest absolute Gasteiger partial charge is 0.366 e. The summed E-state index contributed by atoms with van der Waals surface area (Å²) in [6, 6.07) is 6.14. The second kappa shape index (κ2) is 9.00. The summed E-state index contributed by atoms with van der Waals surface area (Å²) in [5.41, 5.74) is 0. The lowest BCUT2D eigenvalue weighted by molar-refractivity contribution is -0.149. The Labute approximate surface area is 167 Å². The van der Waals surface area contributed by atoms with E-state index in [1.165, 1.54) is 21.3 Å². The first-order valence-corrected chi connectivity index (χ1v) is 10.8. The van der Waals surface area contributed by atoms with E-state index < -0.39 is 22.6 Å². The third-order valence-electron chi connectivity index (χ3n) is 4.84. The Balaban J connectivity index is 1.64. The fraction of sp³-hybridized carbons (Fsp3) is 0.588. The van der Waals surface area contributed by atoms with Crippen LogP contribution in [0.15, 0.2) is 29.2 Å². The van der Waals surface area contributed by atoms with Gasteiger partial charge in [0.05, 0.1) is 18.2 Å². The molecule has 2 aliphatic heterocycles. The number of morpholine rings is 1. The quantitative estimate of drug-likeness (QED) is 0.691. The third-order valence-corrected chi connectivity index (χ3v) is 7.20. The van der Waals surface area contributed by atoms with E-state index in [2.05, 4.69) is 0 Å². The number of sulfonamides is 1. The highest BCUT2D eigenvalue weighted by atomic mass is 35.5. The molecule has 0 radical (unpaired) electrons. The molecule has 7 nitrogen and oxygen atoms in total. The average Bonchev–Trinajstić information content (AvgIpc) is 2.68. The molecule has 3 rings (SSSR count). The minimum atomic E-state index is -3.85. The smallest absolute Gasteiger partial charge is 0.253 e. The number of piperazine rings is 1. The highest BCUT2D eigenvalue weighted by molar-refractivity contribution is 7.89. The zero-order chi connectivity index (χ0) is 20.3. The molecule has 2 fully saturated rings. The van der Waals surface area contributed by atoms with Crippen molar-refractivity contribution in [3.05, 3.63) is 29.3 Å². The molecule has 0 bridgehead atoms. The molecule has 0 spiro atoms. The van der Waals surface area contributed by atoms with Crippen LogP contribution in [0.2, 0.25) is 5.02 Å². The van der Waals surface area contributed by atoms with Crippen molar-refractivity contribution in [3.63, 3.8) is 0 Å². The lowest BCUT2D eigenvalue weighted by Crippen LogP contribution is -2.56. The number of rotatable bonds is 5. The van der Waals surface area contributed by atoms with Crippen LogP contribution in [0, 0.1) is 0 Å². The van der Waals surface area contributed by atoms with Crippen LogP contribution in [0.4, 0.5) is 8.78 Å². The summed E-state index contributed by atoms with van der Waals surface area (Å²) in [4.78, 5) is 15.9. The van der Waals surface area contributed by atoms with Gasteiger partial charge in [-0.15, -0.1) is 0 Å². The molecule has 1 aromatic rings. The summed E-state index contributed by atoms with van der Waals surface area (Å²) >= 11 is 6.03. The maximum Gasteiger partial charge on any atom is 0.253 e. The van der Waals surface area contributed by atoms with Gasteiger partial charge in [0.2, 0.25) is 10.0 Å². The van der Waals surface area contributed by atoms with Gasteiger partial charge in [0.15, 0.2) is 0 Å². The second-order valence-electron chi connectivity index (χ2n) is 6.67. The van der Waals surface area contributed by atoms with Gasteiger partial charge in [0, 0.05) is 39.3 Å². The number of halogens is 3. The van der Waals surface area contributed by atoms with Crippen molar-refractivity contribution in [2.24, 2.45) is 0 Å². The summed E-state index contributed by atoms with van der Waals surface area (Å²) in [5.74, 6) is -0.323. The molecular weight excluding hydrogens is 416 g/mol. The molecule has 2 saturated heterocycles. The van der Waals surface area contributed by atoms with Gasteiger partial charge < -0.3 is 9.64 Å². The number of ether oxygens (including phenoxy) is 1. The highest BCUT2D eigenvalue weighted by Gasteiger charge is 2.37. The summed E-state index contributed by atoms with van der Waals surface area (Å²) < 4.78 is 57.4. The minimum Gasteiger partial charge on any atom is -0.366 e. The molecule has 156 valence electrons. The predicted molar refractivity (Wildman–Crippen MR) is 99.0 cm³/mol. The van der Waals surface area contributed by atoms with Crippen molar-refractivity contribution < 1.29 is 26.7 Å². The van der Waals surface area contributed by atoms with Crippen LogP contribution >= 0.6 is 11.6 Å². The Morgan fingerprint density at radius 3 is 2.50 bits per heavy atom. The van der Waals surface area contributed by atoms with E-state index in [4.69, 9.17) is 16.3 Å². The van der Waals surface area contributed by atoms with Crippen LogP contribution in [0.5, 0.6) is 0 Å². The van der Waals surface area contributed by atoms with Crippen molar-refractivity contribution in [2.75, 3.05) is 52.4 Å². The first kappa shape index (κ1) is 21.4. The monoisotopic (exact) mass is 437 g/mol. The second-order valence-corrected chi connectivity index (χ2v) is 8.98. The number of benzene rings is 1. The first-order chi connectivity index (χ1) is 13.3. The number of carbonyl (C=O) groups excluding carboxylic acids is 1. The van der Waals surface area contributed by atoms with Crippen molar-refractivity contribution in [1.29, 1.82) is 0 Å². The number of carbonyl (C=O) groups is 1. The Morgan fingerprint density at radius 1 is 1.18 bits per heavy atom. The standard InChI is InChI=1S/C17H22ClF2N3O4S/c18-13-3-1-2-4-15(13)28(25,26)23-9-10-27-14(11-23)17(24)22-7-5-21(6-8-22)12-16(19)20/h1-4,14,16H,5-12H2. The van der Waals surface area contributed by atoms with Crippen LogP contribution in [-0.4, -0.2) is 93.4 Å². The van der Waals surface area contributed by atoms with E-state index in [0.29, 0.717) is 26.2 Å². The number of nitrogens with zero attached hydrogens (tertiary/aromatic N) is 3. The minimum absolute atomic E-state index is 0.00891. The van der Waals surface area contributed by atoms with E-state index in [0.717, 1.165) is 0 Å². The van der Waals surface area contributed by atoms with Crippen molar-refractivity contribution in [3.8, 4) is 0 Å². The summed E-state index contributed by atoms with van der Waals surface area (Å²) in [6.45, 7) is 1.11. The van der Waals surface area contributed by atoms with E-state index in [1.54, 1.807) is 17.0 Å². The third kappa shape index (κ3) is 4.80. The molecule has 1 unspecified atom stereocenters. The molecule has 0 saturated carbocycles. The summed E-state index contributed by atoms with van der Waals surface area (Å²) in [6.07, 6.45) is -3.33. The Bertz CT molecular complexity index is 803. The molecule has 1 amide bonds. The number of hydrogen-bond donors (Lipinski definition) is 0. The summed E-state index contributed by atoms with van der Waals surface area (Å²) in [5, 5.41) is 0.118. The summed E-state index contributed by atoms with van der Waals surface area (Å²) in [7, 11) is -3.85. The van der Waals surface area contributed by atoms with Crippen LogP contribution in [-0.2, 0) is 19.6 Å². The lowest BCUT2D eigenvalue weighted by atomic mass is 10.2. The number of amides is 1. The van der Waals surface area contributed by atoms with E-state index >= 15 is 0 Å². The van der Waals surface area contributed by atoms with Gasteiger partial charge in [-0.25, -0.2) is 17.2 Å². The molecule has 1 atom stereocenters. The molecule has 2 aliphatic rings. The van der Waals surface area contributed by atoms with Crippen molar-refractivity contribution >= 4 is 27.5 Å². The van der Waals surface area contributed by atoms with Crippen molar-refractivity contribution in [1.82, 2.24) is 14.1 Å². The topological polar surface area (TPSA) is 70.2 Å². The molecule has 2 heterocycles. The zero-order valence-electron chi connectivity index (χ0n) is 15.1. The van der Waals surface area contributed by atoms with E-state index in [1.807, 2.05) is 0 Å². The predicted octanol–water partition coefficient (Wildman–Crippen LogP) is 1.14. The van der Waals surface area contributed by atoms with Crippen LogP contribution in [0.3, 0.4) is 0 Å². The fourth-order valence-corrected chi connectivity index (χ4v) is 5.25. The number of hydrogen-bond acceptors (Lipinski definition) is 5. The van der Waals surface area contributed by atoms with Gasteiger partial charge in [-0.1, -0.05) is 23.7 Å². The van der Waals surface area contributed by atoms with E-state index in [9.17, 15) is 22.0 Å². The molecule has 11 heteroatoms. The van der Waals surface area contributed by atoms with Crippen LogP contribution in [0.25, 0.3) is 0 Å². The van der Waals surface area contributed by atoms with Gasteiger partial charge >= 0.3 is 0 Å². The van der Waals surface area contributed by atoms with Gasteiger partial charge in [-0.2, -0.15) is 4.31 Å². The Hall–Kier alpha value is -1.33. The average molecular weight is 438 g/mol. The molecular formula is C17H22ClF2N3O4S. The SMILES string of the molecule is O=C(C1CN(S(=O)(=O)c2ccccc2Cl)CCO1)N1CCN(CC(F)F)CC1. The van der Waals surface area contributed by atoms with E-state index in [-0.39, 0.29) is 42.1 Å². The fourth-order valence-electron chi connectivity index (χ4n) is 3.34. The molecule has 0 N–H and O–H groups in total. The molecule has 0 aliphatic carbocycles. The van der Waals surface area contributed by atoms with Gasteiger partial charge in [0.25, 0.3) is 12.3 Å². The maximum atomic E-state index is 12.9. The zero-order valence-corrected chi connectivity index (χ0v) is 16.7. The van der Waals surface area contributed by atoms with Gasteiger partial charge in [0.1, 0.15) is 11.0 Å². The normalized spacial score (nSPS) is 22.6. The highest BCUT2D eigenvalue weighted by Crippen LogP contribution is 2.26. The lowest BCUT2D eigenvalue weighted by Gasteiger charge is -2.38. The molecule has 1 aromatic carbocycles.